The Morgan fingerprint density at radius 3 is 2.07 bits per heavy atom. The van der Waals surface area contributed by atoms with Gasteiger partial charge in [-0.2, -0.15) is 17.2 Å². The predicted octanol–water partition coefficient (Wildman–Crippen LogP) is 6.61. The number of allylic oxidation sites excluding steroid dienone is 4. The fourth-order valence-corrected chi connectivity index (χ4v) is 4.72. The topological polar surface area (TPSA) is 0 Å². The summed E-state index contributed by atoms with van der Waals surface area (Å²) in [5.41, 5.74) is 5.78. The van der Waals surface area contributed by atoms with Crippen molar-refractivity contribution in [1.82, 2.24) is 0 Å². The number of fused-ring (bicyclic) bond motifs is 1. The second kappa shape index (κ2) is 9.56. The van der Waals surface area contributed by atoms with Crippen LogP contribution in [0.25, 0.3) is 10.8 Å². The van der Waals surface area contributed by atoms with Crippen LogP contribution in [-0.4, -0.2) is 0 Å². The quantitative estimate of drug-likeness (QED) is 0.296. The molecular weight excluding hydrogens is 434 g/mol. The van der Waals surface area contributed by atoms with Crippen LogP contribution in [0.15, 0.2) is 77.4 Å². The summed E-state index contributed by atoms with van der Waals surface area (Å²) in [6.07, 6.45) is 3.44. The van der Waals surface area contributed by atoms with Crippen molar-refractivity contribution in [3.63, 3.8) is 0 Å². The minimum absolute atomic E-state index is 0. The first-order chi connectivity index (χ1) is 12.8. The molecule has 3 aromatic carbocycles. The van der Waals surface area contributed by atoms with E-state index in [1.54, 1.807) is 0 Å². The van der Waals surface area contributed by atoms with Crippen LogP contribution in [0.5, 0.6) is 0 Å². The molecule has 0 aliphatic heterocycles. The summed E-state index contributed by atoms with van der Waals surface area (Å²) >= 11 is 0. The van der Waals surface area contributed by atoms with Gasteiger partial charge in [-0.05, 0) is 17.8 Å². The summed E-state index contributed by atoms with van der Waals surface area (Å²) in [6.45, 7) is 13.1. The molecule has 0 radical (unpaired) electrons. The van der Waals surface area contributed by atoms with Gasteiger partial charge in [0.1, 0.15) is 0 Å². The van der Waals surface area contributed by atoms with Crippen molar-refractivity contribution in [1.29, 1.82) is 0 Å². The molecule has 4 rings (SSSR count). The number of hydrogen-bond acceptors (Lipinski definition) is 0. The molecule has 1 atom stereocenters. The van der Waals surface area contributed by atoms with E-state index in [0.717, 1.165) is 8.58 Å². The number of hydrogen-bond donors (Lipinski definition) is 0. The number of aryl methyl sites for hydroxylation is 1. The first kappa shape index (κ1) is 23.1. The van der Waals surface area contributed by atoms with Crippen molar-refractivity contribution >= 4 is 30.0 Å². The summed E-state index contributed by atoms with van der Waals surface area (Å²) in [5, 5.41) is 5.58. The molecule has 28 heavy (non-hydrogen) atoms. The third-order valence-electron chi connectivity index (χ3n) is 5.60. The van der Waals surface area contributed by atoms with E-state index in [9.17, 15) is 0 Å². The minimum atomic E-state index is 0. The van der Waals surface area contributed by atoms with Crippen molar-refractivity contribution in [2.24, 2.45) is 5.41 Å². The van der Waals surface area contributed by atoms with Gasteiger partial charge >= 0.3 is 26.2 Å². The SMILES string of the molecule is CC1=[C-]C(C)(C)C(C)=C1C.Cc1ccccc1Pc1cc2ccccc2[cH-]1.[Zr+2]. The normalized spacial score (nSPS) is 15.4. The maximum Gasteiger partial charge on any atom is 2.00 e. The van der Waals surface area contributed by atoms with Crippen LogP contribution in [0.1, 0.15) is 40.2 Å². The van der Waals surface area contributed by atoms with Crippen molar-refractivity contribution in [2.45, 2.75) is 41.5 Å². The predicted molar refractivity (Wildman–Crippen MR) is 123 cm³/mol. The second-order valence-electron chi connectivity index (χ2n) is 7.94. The molecule has 142 valence electrons. The van der Waals surface area contributed by atoms with Gasteiger partial charge in [-0.1, -0.05) is 72.0 Å². The smallest absolute Gasteiger partial charge is 0.263 e. The Bertz CT molecular complexity index is 985. The summed E-state index contributed by atoms with van der Waals surface area (Å²) in [7, 11) is 0.759. The molecule has 1 unspecified atom stereocenters. The summed E-state index contributed by atoms with van der Waals surface area (Å²) in [6, 6.07) is 21.8. The molecule has 1 aliphatic rings. The van der Waals surface area contributed by atoms with Crippen molar-refractivity contribution in [3.05, 3.63) is 89.0 Å². The van der Waals surface area contributed by atoms with E-state index in [4.69, 9.17) is 0 Å². The summed E-state index contributed by atoms with van der Waals surface area (Å²) < 4.78 is 0. The average Bonchev–Trinajstić information content (AvgIpc) is 3.11. The fourth-order valence-electron chi connectivity index (χ4n) is 3.50. The van der Waals surface area contributed by atoms with Gasteiger partial charge in [-0.3, -0.25) is 6.08 Å². The van der Waals surface area contributed by atoms with E-state index in [1.807, 2.05) is 0 Å². The van der Waals surface area contributed by atoms with Gasteiger partial charge in [0, 0.05) is 0 Å². The van der Waals surface area contributed by atoms with Crippen molar-refractivity contribution in [3.8, 4) is 0 Å². The largest absolute Gasteiger partial charge is 2.00 e. The van der Waals surface area contributed by atoms with Gasteiger partial charge in [0.25, 0.3) is 0 Å². The van der Waals surface area contributed by atoms with E-state index in [2.05, 4.69) is 108 Å². The molecule has 0 fully saturated rings. The van der Waals surface area contributed by atoms with E-state index in [1.165, 1.54) is 43.7 Å². The molecule has 0 saturated carbocycles. The summed E-state index contributed by atoms with van der Waals surface area (Å²) in [5.74, 6) is 0. The molecule has 3 aromatic rings. The van der Waals surface area contributed by atoms with Crippen LogP contribution >= 0.6 is 8.58 Å². The fraction of sp³-hybridized carbons (Fsp3) is 0.269. The molecule has 1 aliphatic carbocycles. The van der Waals surface area contributed by atoms with Gasteiger partial charge in [-0.25, -0.2) is 5.57 Å². The summed E-state index contributed by atoms with van der Waals surface area (Å²) in [4.78, 5) is 0. The third kappa shape index (κ3) is 5.25. The Hall–Kier alpha value is -1.16. The first-order valence-electron chi connectivity index (χ1n) is 9.56. The van der Waals surface area contributed by atoms with Crippen LogP contribution in [0.3, 0.4) is 0 Å². The maximum absolute atomic E-state index is 3.44. The maximum atomic E-state index is 3.44. The molecule has 0 bridgehead atoms. The number of benzene rings is 2. The van der Waals surface area contributed by atoms with Crippen molar-refractivity contribution in [2.75, 3.05) is 0 Å². The molecule has 2 heteroatoms. The van der Waals surface area contributed by atoms with Crippen LogP contribution in [0.2, 0.25) is 0 Å². The zero-order valence-electron chi connectivity index (χ0n) is 17.8. The Balaban J connectivity index is 0.000000221. The molecule has 0 aromatic heterocycles. The van der Waals surface area contributed by atoms with Crippen LogP contribution < -0.4 is 10.6 Å². The van der Waals surface area contributed by atoms with Gasteiger partial charge in [0.15, 0.2) is 0 Å². The first-order valence-corrected chi connectivity index (χ1v) is 10.6. The van der Waals surface area contributed by atoms with Gasteiger partial charge in [-0.15, -0.1) is 47.3 Å². The van der Waals surface area contributed by atoms with Gasteiger partial charge in [0.05, 0.1) is 0 Å². The van der Waals surface area contributed by atoms with E-state index in [-0.39, 0.29) is 31.6 Å². The van der Waals surface area contributed by atoms with Gasteiger partial charge < -0.3 is 0 Å². The zero-order valence-corrected chi connectivity index (χ0v) is 21.2. The minimum Gasteiger partial charge on any atom is -0.263 e. The van der Waals surface area contributed by atoms with E-state index in [0.29, 0.717) is 0 Å². The molecular formula is C26H29PZr. The van der Waals surface area contributed by atoms with E-state index >= 15 is 0 Å². The zero-order chi connectivity index (χ0) is 19.6. The Kier molecular flexibility index (Phi) is 7.90. The van der Waals surface area contributed by atoms with Gasteiger partial charge in [0.2, 0.25) is 0 Å². The average molecular weight is 464 g/mol. The molecule has 0 saturated heterocycles. The monoisotopic (exact) mass is 462 g/mol. The molecule has 0 N–H and O–H groups in total. The Labute approximate surface area is 191 Å². The van der Waals surface area contributed by atoms with Crippen LogP contribution in [-0.2, 0) is 26.2 Å². The molecule has 0 amide bonds. The standard InChI is InChI=1S/C16H14P.C10H15.Zr/c1-12-6-2-5-9-16(12)17-15-10-13-7-3-4-8-14(13)11-15;1-7-6-10(4,5)9(3)8(7)2;/h2-11,17H,1H3;1-5H3;/q2*-1;+2. The van der Waals surface area contributed by atoms with Crippen LogP contribution in [0.4, 0.5) is 0 Å². The molecule has 0 nitrogen and oxygen atoms in total. The number of rotatable bonds is 2. The molecule has 0 spiro atoms. The Morgan fingerprint density at radius 1 is 0.893 bits per heavy atom. The van der Waals surface area contributed by atoms with Crippen LogP contribution in [0, 0.1) is 18.4 Å². The van der Waals surface area contributed by atoms with Crippen molar-refractivity contribution < 1.29 is 26.2 Å². The second-order valence-corrected chi connectivity index (χ2v) is 9.30. The third-order valence-corrected chi connectivity index (χ3v) is 7.01. The molecule has 0 heterocycles. The van der Waals surface area contributed by atoms with E-state index < -0.39 is 0 Å². The Morgan fingerprint density at radius 2 is 1.54 bits per heavy atom.